The van der Waals surface area contributed by atoms with Crippen LogP contribution in [0.25, 0.3) is 0 Å². The number of imide groups is 1. The summed E-state index contributed by atoms with van der Waals surface area (Å²) in [4.78, 5) is 21.1. The number of hydrogen-bond acceptors (Lipinski definition) is 2. The molecule has 0 aromatic carbocycles. The van der Waals surface area contributed by atoms with Gasteiger partial charge in [-0.15, -0.1) is 0 Å². The average Bonchev–Trinajstić information content (AvgIpc) is 2.04. The molecule has 1 aliphatic carbocycles. The Balaban J connectivity index is 2.22. The zero-order chi connectivity index (χ0) is 9.68. The van der Waals surface area contributed by atoms with Crippen LogP contribution in [0, 0.1) is 5.92 Å². The van der Waals surface area contributed by atoms with Crippen molar-refractivity contribution in [2.45, 2.75) is 38.5 Å². The van der Waals surface area contributed by atoms with Gasteiger partial charge in [0.1, 0.15) is 0 Å². The summed E-state index contributed by atoms with van der Waals surface area (Å²) >= 11 is 0. The molecule has 0 aromatic heterocycles. The van der Waals surface area contributed by atoms with Crippen LogP contribution < -0.4 is 5.32 Å². The summed E-state index contributed by atoms with van der Waals surface area (Å²) in [6, 6.07) is 0. The van der Waals surface area contributed by atoms with Crippen molar-refractivity contribution in [1.29, 1.82) is 0 Å². The van der Waals surface area contributed by atoms with Crippen molar-refractivity contribution in [1.82, 2.24) is 5.32 Å². The lowest BCUT2D eigenvalue weighted by Gasteiger charge is -2.20. The van der Waals surface area contributed by atoms with Gasteiger partial charge in [-0.1, -0.05) is 19.3 Å². The average molecular weight is 185 g/mol. The number of hydrogen-bond donors (Lipinski definition) is 2. The van der Waals surface area contributed by atoms with Gasteiger partial charge in [-0.25, -0.2) is 4.79 Å². The standard InChI is InChI=1S/C9H15NO3/c11-8(10-9(12)13)6-7-4-2-1-3-5-7/h7H,1-6H2,(H,10,11)(H,12,13). The van der Waals surface area contributed by atoms with Gasteiger partial charge in [0.15, 0.2) is 0 Å². The largest absolute Gasteiger partial charge is 0.465 e. The zero-order valence-electron chi connectivity index (χ0n) is 7.58. The van der Waals surface area contributed by atoms with E-state index in [0.717, 1.165) is 12.8 Å². The topological polar surface area (TPSA) is 66.4 Å². The van der Waals surface area contributed by atoms with Crippen LogP contribution in [0.4, 0.5) is 4.79 Å². The number of rotatable bonds is 2. The van der Waals surface area contributed by atoms with E-state index in [4.69, 9.17) is 5.11 Å². The molecule has 2 amide bonds. The molecule has 0 atom stereocenters. The smallest absolute Gasteiger partial charge is 0.411 e. The second kappa shape index (κ2) is 4.84. The highest BCUT2D eigenvalue weighted by molar-refractivity contribution is 5.90. The van der Waals surface area contributed by atoms with E-state index in [9.17, 15) is 9.59 Å². The Kier molecular flexibility index (Phi) is 3.73. The minimum atomic E-state index is -1.25. The van der Waals surface area contributed by atoms with Crippen LogP contribution in [-0.4, -0.2) is 17.1 Å². The van der Waals surface area contributed by atoms with Crippen molar-refractivity contribution < 1.29 is 14.7 Å². The third-order valence-electron chi connectivity index (χ3n) is 2.45. The molecule has 1 fully saturated rings. The number of amides is 2. The highest BCUT2D eigenvalue weighted by Crippen LogP contribution is 2.25. The van der Waals surface area contributed by atoms with Gasteiger partial charge in [0.2, 0.25) is 5.91 Å². The second-order valence-corrected chi connectivity index (χ2v) is 3.56. The molecule has 4 heteroatoms. The van der Waals surface area contributed by atoms with E-state index in [2.05, 4.69) is 0 Å². The van der Waals surface area contributed by atoms with Gasteiger partial charge in [-0.2, -0.15) is 0 Å². The van der Waals surface area contributed by atoms with Gasteiger partial charge in [-0.3, -0.25) is 10.1 Å². The SMILES string of the molecule is O=C(O)NC(=O)CC1CCCCC1. The van der Waals surface area contributed by atoms with Crippen molar-refractivity contribution in [3.8, 4) is 0 Å². The van der Waals surface area contributed by atoms with Crippen molar-refractivity contribution in [2.24, 2.45) is 5.92 Å². The number of carbonyl (C=O) groups excluding carboxylic acids is 1. The summed E-state index contributed by atoms with van der Waals surface area (Å²) in [6.07, 6.45) is 4.83. The van der Waals surface area contributed by atoms with Crippen LogP contribution in [-0.2, 0) is 4.79 Å². The summed E-state index contributed by atoms with van der Waals surface area (Å²) in [5, 5.41) is 10.1. The Morgan fingerprint density at radius 3 is 2.38 bits per heavy atom. The van der Waals surface area contributed by atoms with Gasteiger partial charge in [-0.05, 0) is 18.8 Å². The fraction of sp³-hybridized carbons (Fsp3) is 0.778. The lowest BCUT2D eigenvalue weighted by atomic mass is 9.87. The van der Waals surface area contributed by atoms with E-state index in [-0.39, 0.29) is 5.91 Å². The molecule has 13 heavy (non-hydrogen) atoms. The van der Waals surface area contributed by atoms with Crippen molar-refractivity contribution in [2.75, 3.05) is 0 Å². The molecule has 1 saturated carbocycles. The first-order valence-electron chi connectivity index (χ1n) is 4.71. The lowest BCUT2D eigenvalue weighted by Crippen LogP contribution is -2.30. The van der Waals surface area contributed by atoms with E-state index in [1.165, 1.54) is 19.3 Å². The normalized spacial score (nSPS) is 18.2. The highest BCUT2D eigenvalue weighted by Gasteiger charge is 2.17. The first-order valence-corrected chi connectivity index (χ1v) is 4.71. The van der Waals surface area contributed by atoms with Crippen LogP contribution in [0.5, 0.6) is 0 Å². The quantitative estimate of drug-likeness (QED) is 0.688. The van der Waals surface area contributed by atoms with Crippen LogP contribution in [0.3, 0.4) is 0 Å². The molecule has 1 rings (SSSR count). The van der Waals surface area contributed by atoms with Crippen LogP contribution in [0.15, 0.2) is 0 Å². The minimum Gasteiger partial charge on any atom is -0.465 e. The molecule has 0 aliphatic heterocycles. The van der Waals surface area contributed by atoms with Gasteiger partial charge in [0.25, 0.3) is 0 Å². The van der Waals surface area contributed by atoms with Crippen LogP contribution >= 0.6 is 0 Å². The lowest BCUT2D eigenvalue weighted by molar-refractivity contribution is -0.121. The number of carboxylic acid groups (broad SMARTS) is 1. The first-order chi connectivity index (χ1) is 6.18. The molecule has 0 bridgehead atoms. The fourth-order valence-electron chi connectivity index (χ4n) is 1.82. The van der Waals surface area contributed by atoms with E-state index in [1.54, 1.807) is 0 Å². The van der Waals surface area contributed by atoms with Crippen LogP contribution in [0.2, 0.25) is 0 Å². The number of nitrogens with one attached hydrogen (secondary N) is 1. The third kappa shape index (κ3) is 3.92. The highest BCUT2D eigenvalue weighted by atomic mass is 16.4. The number of carbonyl (C=O) groups is 2. The summed E-state index contributed by atoms with van der Waals surface area (Å²) in [5.74, 6) is 0.0347. The van der Waals surface area contributed by atoms with Crippen molar-refractivity contribution >= 4 is 12.0 Å². The summed E-state index contributed by atoms with van der Waals surface area (Å²) in [6.45, 7) is 0. The molecule has 0 aromatic rings. The fourth-order valence-corrected chi connectivity index (χ4v) is 1.82. The van der Waals surface area contributed by atoms with Gasteiger partial charge >= 0.3 is 6.09 Å². The zero-order valence-corrected chi connectivity index (χ0v) is 7.58. The van der Waals surface area contributed by atoms with Crippen LogP contribution in [0.1, 0.15) is 38.5 Å². The van der Waals surface area contributed by atoms with E-state index in [1.807, 2.05) is 5.32 Å². The molecule has 2 N–H and O–H groups in total. The van der Waals surface area contributed by atoms with Gasteiger partial charge < -0.3 is 5.11 Å². The summed E-state index contributed by atoms with van der Waals surface area (Å²) in [7, 11) is 0. The maximum atomic E-state index is 11.0. The Morgan fingerprint density at radius 1 is 1.23 bits per heavy atom. The molecular weight excluding hydrogens is 170 g/mol. The monoisotopic (exact) mass is 185 g/mol. The van der Waals surface area contributed by atoms with E-state index >= 15 is 0 Å². The maximum absolute atomic E-state index is 11.0. The molecule has 0 saturated heterocycles. The summed E-state index contributed by atoms with van der Waals surface area (Å²) in [5.41, 5.74) is 0. The Bertz CT molecular complexity index is 197. The van der Waals surface area contributed by atoms with Gasteiger partial charge in [0, 0.05) is 6.42 Å². The third-order valence-corrected chi connectivity index (χ3v) is 2.45. The summed E-state index contributed by atoms with van der Waals surface area (Å²) < 4.78 is 0. The second-order valence-electron chi connectivity index (χ2n) is 3.56. The van der Waals surface area contributed by atoms with E-state index < -0.39 is 6.09 Å². The van der Waals surface area contributed by atoms with E-state index in [0.29, 0.717) is 12.3 Å². The Morgan fingerprint density at radius 2 is 1.85 bits per heavy atom. The Labute approximate surface area is 77.3 Å². The predicted molar refractivity (Wildman–Crippen MR) is 47.4 cm³/mol. The molecule has 0 spiro atoms. The molecule has 74 valence electrons. The van der Waals surface area contributed by atoms with Crippen molar-refractivity contribution in [3.63, 3.8) is 0 Å². The van der Waals surface area contributed by atoms with Crippen molar-refractivity contribution in [3.05, 3.63) is 0 Å². The molecule has 0 heterocycles. The Hall–Kier alpha value is -1.06. The minimum absolute atomic E-state index is 0.362. The predicted octanol–water partition coefficient (Wildman–Crippen LogP) is 1.75. The molecule has 4 nitrogen and oxygen atoms in total. The molecule has 0 unspecified atom stereocenters. The first kappa shape index (κ1) is 10.0. The molecule has 0 radical (unpaired) electrons. The maximum Gasteiger partial charge on any atom is 0.411 e. The molecular formula is C9H15NO3. The molecule has 1 aliphatic rings. The van der Waals surface area contributed by atoms with Gasteiger partial charge in [0.05, 0.1) is 0 Å².